The zero-order valence-corrected chi connectivity index (χ0v) is 8.78. The highest BCUT2D eigenvalue weighted by atomic mass is 16.1. The summed E-state index contributed by atoms with van der Waals surface area (Å²) in [5, 5.41) is 0. The topological polar surface area (TPSA) is 75.6 Å². The Morgan fingerprint density at radius 3 is 2.43 bits per heavy atom. The van der Waals surface area contributed by atoms with Gasteiger partial charge in [-0.1, -0.05) is 0 Å². The van der Waals surface area contributed by atoms with E-state index < -0.39 is 11.9 Å². The lowest BCUT2D eigenvalue weighted by molar-refractivity contribution is -0.119. The van der Waals surface area contributed by atoms with Crippen molar-refractivity contribution in [1.82, 2.24) is 9.80 Å². The van der Waals surface area contributed by atoms with Crippen LogP contribution in [0, 0.1) is 0 Å². The van der Waals surface area contributed by atoms with Gasteiger partial charge in [-0.15, -0.1) is 0 Å². The summed E-state index contributed by atoms with van der Waals surface area (Å²) in [5.41, 5.74) is 10.6. The van der Waals surface area contributed by atoms with Crippen molar-refractivity contribution in [2.75, 3.05) is 39.8 Å². The van der Waals surface area contributed by atoms with Crippen molar-refractivity contribution in [1.29, 1.82) is 0 Å². The number of likely N-dealkylation sites (N-methyl/N-ethyl adjacent to an activating group) is 1. The van der Waals surface area contributed by atoms with Crippen molar-refractivity contribution < 1.29 is 4.79 Å². The van der Waals surface area contributed by atoms with Gasteiger partial charge in [-0.2, -0.15) is 0 Å². The molecular weight excluding hydrogens is 180 g/mol. The van der Waals surface area contributed by atoms with Gasteiger partial charge in [0, 0.05) is 32.7 Å². The van der Waals surface area contributed by atoms with Crippen LogP contribution in [0.3, 0.4) is 0 Å². The molecule has 14 heavy (non-hydrogen) atoms. The van der Waals surface area contributed by atoms with Crippen LogP contribution in [0.15, 0.2) is 0 Å². The molecule has 1 fully saturated rings. The fourth-order valence-corrected chi connectivity index (χ4v) is 1.54. The molecule has 1 aliphatic rings. The molecule has 0 radical (unpaired) electrons. The average Bonchev–Trinajstić information content (AvgIpc) is 2.16. The number of carbonyl (C=O) groups is 1. The summed E-state index contributed by atoms with van der Waals surface area (Å²) < 4.78 is 0. The van der Waals surface area contributed by atoms with Crippen LogP contribution >= 0.6 is 0 Å². The van der Waals surface area contributed by atoms with Crippen molar-refractivity contribution in [3.8, 4) is 0 Å². The van der Waals surface area contributed by atoms with Gasteiger partial charge in [-0.25, -0.2) is 0 Å². The van der Waals surface area contributed by atoms with Crippen LogP contribution in [0.25, 0.3) is 0 Å². The highest BCUT2D eigenvalue weighted by Gasteiger charge is 2.16. The molecule has 5 heteroatoms. The number of nitrogens with two attached hydrogens (primary N) is 2. The summed E-state index contributed by atoms with van der Waals surface area (Å²) in [6.07, 6.45) is 0.666. The summed E-state index contributed by atoms with van der Waals surface area (Å²) >= 11 is 0. The maximum Gasteiger partial charge on any atom is 0.234 e. The minimum absolute atomic E-state index is 0.404. The number of hydrogen-bond acceptors (Lipinski definition) is 4. The summed E-state index contributed by atoms with van der Waals surface area (Å²) in [6, 6.07) is -0.491. The molecule has 1 amide bonds. The van der Waals surface area contributed by atoms with Crippen LogP contribution in [0.5, 0.6) is 0 Å². The Labute approximate surface area is 85.0 Å². The van der Waals surface area contributed by atoms with Crippen molar-refractivity contribution in [2.45, 2.75) is 12.5 Å². The molecule has 1 rings (SSSR count). The number of carbonyl (C=O) groups excluding carboxylic acids is 1. The Morgan fingerprint density at radius 2 is 1.93 bits per heavy atom. The van der Waals surface area contributed by atoms with Crippen LogP contribution in [-0.4, -0.2) is 61.5 Å². The Balaban J connectivity index is 2.16. The average molecular weight is 200 g/mol. The van der Waals surface area contributed by atoms with E-state index >= 15 is 0 Å². The van der Waals surface area contributed by atoms with Gasteiger partial charge in [0.05, 0.1) is 6.04 Å². The molecule has 0 spiro atoms. The van der Waals surface area contributed by atoms with E-state index in [0.717, 1.165) is 32.7 Å². The van der Waals surface area contributed by atoms with Gasteiger partial charge < -0.3 is 21.3 Å². The van der Waals surface area contributed by atoms with Gasteiger partial charge in [-0.05, 0) is 13.5 Å². The normalized spacial score (nSPS) is 22.1. The second kappa shape index (κ2) is 5.29. The standard InChI is InChI=1S/C9H20N4O/c1-12-4-6-13(7-5-12)3-2-8(10)9(11)14/h8H,2-7,10H2,1H3,(H2,11,14). The second-order valence-corrected chi connectivity index (χ2v) is 3.94. The highest BCUT2D eigenvalue weighted by Crippen LogP contribution is 2.00. The molecule has 0 bridgehead atoms. The van der Waals surface area contributed by atoms with E-state index in [9.17, 15) is 4.79 Å². The molecule has 5 nitrogen and oxygen atoms in total. The molecule has 4 N–H and O–H groups in total. The summed E-state index contributed by atoms with van der Waals surface area (Å²) in [7, 11) is 2.12. The van der Waals surface area contributed by atoms with Gasteiger partial charge >= 0.3 is 0 Å². The Hall–Kier alpha value is -0.650. The predicted octanol–water partition coefficient (Wildman–Crippen LogP) is -1.56. The summed E-state index contributed by atoms with van der Waals surface area (Å²) in [4.78, 5) is 15.3. The van der Waals surface area contributed by atoms with Crippen LogP contribution in [-0.2, 0) is 4.79 Å². The minimum atomic E-state index is -0.491. The first-order chi connectivity index (χ1) is 6.59. The largest absolute Gasteiger partial charge is 0.368 e. The van der Waals surface area contributed by atoms with E-state index in [-0.39, 0.29) is 0 Å². The first kappa shape index (κ1) is 11.4. The van der Waals surface area contributed by atoms with Crippen LogP contribution in [0.1, 0.15) is 6.42 Å². The van der Waals surface area contributed by atoms with E-state index in [2.05, 4.69) is 16.8 Å². The predicted molar refractivity (Wildman–Crippen MR) is 55.7 cm³/mol. The number of rotatable bonds is 4. The Bertz CT molecular complexity index is 189. The van der Waals surface area contributed by atoms with Gasteiger partial charge in [0.2, 0.25) is 5.91 Å². The molecule has 1 unspecified atom stereocenters. The molecular formula is C9H20N4O. The third kappa shape index (κ3) is 3.61. The fourth-order valence-electron chi connectivity index (χ4n) is 1.54. The van der Waals surface area contributed by atoms with Crippen molar-refractivity contribution in [2.24, 2.45) is 11.5 Å². The SMILES string of the molecule is CN1CCN(CCC(N)C(N)=O)CC1. The molecule has 1 heterocycles. The third-order valence-corrected chi connectivity index (χ3v) is 2.72. The maximum atomic E-state index is 10.7. The van der Waals surface area contributed by atoms with Crippen molar-refractivity contribution >= 4 is 5.91 Å². The first-order valence-electron chi connectivity index (χ1n) is 5.05. The number of nitrogens with zero attached hydrogens (tertiary/aromatic N) is 2. The molecule has 1 saturated heterocycles. The molecule has 0 aromatic heterocycles. The van der Waals surface area contributed by atoms with E-state index in [1.807, 2.05) is 0 Å². The molecule has 0 aliphatic carbocycles. The van der Waals surface area contributed by atoms with Gasteiger partial charge in [0.25, 0.3) is 0 Å². The number of hydrogen-bond donors (Lipinski definition) is 2. The monoisotopic (exact) mass is 200 g/mol. The molecule has 1 atom stereocenters. The number of piperazine rings is 1. The van der Waals surface area contributed by atoms with Gasteiger partial charge in [0.15, 0.2) is 0 Å². The first-order valence-corrected chi connectivity index (χ1v) is 5.05. The highest BCUT2D eigenvalue weighted by molar-refractivity contribution is 5.79. The van der Waals surface area contributed by atoms with E-state index in [4.69, 9.17) is 11.5 Å². The van der Waals surface area contributed by atoms with E-state index in [1.165, 1.54) is 0 Å². The second-order valence-electron chi connectivity index (χ2n) is 3.94. The lowest BCUT2D eigenvalue weighted by Gasteiger charge is -2.32. The van der Waals surface area contributed by atoms with Crippen LogP contribution < -0.4 is 11.5 Å². The van der Waals surface area contributed by atoms with Gasteiger partial charge in [0.1, 0.15) is 0 Å². The Morgan fingerprint density at radius 1 is 1.36 bits per heavy atom. The smallest absolute Gasteiger partial charge is 0.234 e. The van der Waals surface area contributed by atoms with E-state index in [1.54, 1.807) is 0 Å². The molecule has 0 saturated carbocycles. The maximum absolute atomic E-state index is 10.7. The van der Waals surface area contributed by atoms with Gasteiger partial charge in [-0.3, -0.25) is 4.79 Å². The fraction of sp³-hybridized carbons (Fsp3) is 0.889. The third-order valence-electron chi connectivity index (χ3n) is 2.72. The van der Waals surface area contributed by atoms with Crippen LogP contribution in [0.4, 0.5) is 0 Å². The van der Waals surface area contributed by atoms with Crippen molar-refractivity contribution in [3.05, 3.63) is 0 Å². The molecule has 82 valence electrons. The van der Waals surface area contributed by atoms with Crippen LogP contribution in [0.2, 0.25) is 0 Å². The molecule has 0 aromatic carbocycles. The zero-order valence-electron chi connectivity index (χ0n) is 8.78. The van der Waals surface area contributed by atoms with Crippen molar-refractivity contribution in [3.63, 3.8) is 0 Å². The van der Waals surface area contributed by atoms with E-state index in [0.29, 0.717) is 6.42 Å². The Kier molecular flexibility index (Phi) is 4.31. The lowest BCUT2D eigenvalue weighted by atomic mass is 10.2. The lowest BCUT2D eigenvalue weighted by Crippen LogP contribution is -2.46. The number of amides is 1. The molecule has 1 aliphatic heterocycles. The number of primary amides is 1. The minimum Gasteiger partial charge on any atom is -0.368 e. The summed E-state index contributed by atoms with van der Waals surface area (Å²) in [5.74, 6) is -0.404. The zero-order chi connectivity index (χ0) is 10.6. The quantitative estimate of drug-likeness (QED) is 0.575. The molecule has 0 aromatic rings. The summed E-state index contributed by atoms with van der Waals surface area (Å²) in [6.45, 7) is 5.17.